The lowest BCUT2D eigenvalue weighted by Gasteiger charge is -2.11. The van der Waals surface area contributed by atoms with Gasteiger partial charge in [-0.15, -0.1) is 0 Å². The molecular weight excluding hydrogens is 492 g/mol. The van der Waals surface area contributed by atoms with Crippen molar-refractivity contribution in [1.29, 1.82) is 5.26 Å². The zero-order valence-electron chi connectivity index (χ0n) is 13.8. The lowest BCUT2D eigenvalue weighted by molar-refractivity contribution is 0.103. The molecule has 6 nitrogen and oxygen atoms in total. The fraction of sp³-hybridized carbons (Fsp3) is 0.250. The monoisotopic (exact) mass is 507 g/mol. The molecule has 1 N–H and O–H groups in total. The third-order valence-electron chi connectivity index (χ3n) is 3.63. The summed E-state index contributed by atoms with van der Waals surface area (Å²) in [7, 11) is -2.44. The third-order valence-corrected chi connectivity index (χ3v) is 6.70. The minimum Gasteiger partial charge on any atom is -0.286 e. The largest absolute Gasteiger partial charge is 0.286 e. The number of nitrogens with one attached hydrogen (secondary N) is 1. The molecule has 2 aromatic rings. The van der Waals surface area contributed by atoms with E-state index >= 15 is 0 Å². The van der Waals surface area contributed by atoms with E-state index in [0.29, 0.717) is 16.8 Å². The maximum Gasteiger partial charge on any atom is 0.232 e. The molecule has 26 heavy (non-hydrogen) atoms. The van der Waals surface area contributed by atoms with Crippen LogP contribution in [0.15, 0.2) is 30.4 Å². The Morgan fingerprint density at radius 2 is 2.15 bits per heavy atom. The molecule has 0 fully saturated rings. The van der Waals surface area contributed by atoms with Gasteiger partial charge in [0.05, 0.1) is 29.2 Å². The highest BCUT2D eigenvalue weighted by atomic mass is 127. The number of nitriles is 1. The van der Waals surface area contributed by atoms with Crippen LogP contribution < -0.4 is 4.72 Å². The number of nitrogens with zero attached hydrogens (tertiary/aromatic N) is 2. The second kappa shape index (κ2) is 8.41. The maximum atomic E-state index is 12.3. The average molecular weight is 507 g/mol. The summed E-state index contributed by atoms with van der Waals surface area (Å²) in [6.07, 6.45) is -0.0779. The van der Waals surface area contributed by atoms with Crippen LogP contribution in [0.4, 0.5) is 10.1 Å². The quantitative estimate of drug-likeness (QED) is 0.251. The number of aromatic nitrogens is 1. The summed E-state index contributed by atoms with van der Waals surface area (Å²) in [6, 6.07) is 6.75. The molecular formula is C16H15FIN3O3S2. The van der Waals surface area contributed by atoms with Crippen LogP contribution >= 0.6 is 30.3 Å². The number of hydrogen-bond donors (Lipinski definition) is 1. The number of anilines is 1. The van der Waals surface area contributed by atoms with E-state index < -0.39 is 22.5 Å². The fourth-order valence-electron chi connectivity index (χ4n) is 2.36. The Bertz CT molecular complexity index is 1030. The molecule has 0 aliphatic heterocycles. The number of carbonyl (C=O) groups is 1. The number of ketones is 1. The Morgan fingerprint density at radius 3 is 2.73 bits per heavy atom. The van der Waals surface area contributed by atoms with E-state index in [0.717, 1.165) is 5.39 Å². The lowest BCUT2D eigenvalue weighted by Crippen LogP contribution is -2.17. The molecule has 0 radical (unpaired) electrons. The predicted molar refractivity (Wildman–Crippen MR) is 111 cm³/mol. The van der Waals surface area contributed by atoms with E-state index in [1.807, 2.05) is 21.2 Å². The van der Waals surface area contributed by atoms with Gasteiger partial charge in [0.15, 0.2) is 0 Å². The third kappa shape index (κ3) is 4.39. The van der Waals surface area contributed by atoms with Gasteiger partial charge in [-0.2, -0.15) is 5.26 Å². The van der Waals surface area contributed by atoms with E-state index in [2.05, 4.69) is 11.3 Å². The van der Waals surface area contributed by atoms with Crippen LogP contribution in [-0.2, 0) is 10.0 Å². The molecule has 0 spiro atoms. The summed E-state index contributed by atoms with van der Waals surface area (Å²) in [5, 5.41) is 9.63. The number of hydrogen-bond acceptors (Lipinski definition) is 5. The van der Waals surface area contributed by atoms with Gasteiger partial charge in [-0.25, -0.2) is 8.42 Å². The van der Waals surface area contributed by atoms with Gasteiger partial charge in [-0.3, -0.25) is 17.9 Å². The second-order valence-corrected chi connectivity index (χ2v) is 9.03. The highest BCUT2D eigenvalue weighted by Crippen LogP contribution is 2.33. The van der Waals surface area contributed by atoms with Crippen molar-refractivity contribution in [3.63, 3.8) is 0 Å². The van der Waals surface area contributed by atoms with Gasteiger partial charge in [0.1, 0.15) is 11.8 Å². The smallest absolute Gasteiger partial charge is 0.232 e. The van der Waals surface area contributed by atoms with Crippen LogP contribution in [-0.4, -0.2) is 30.6 Å². The summed E-state index contributed by atoms with van der Waals surface area (Å²) in [6.45, 7) is 4.48. The van der Waals surface area contributed by atoms with Crippen LogP contribution in [0.25, 0.3) is 10.9 Å². The summed E-state index contributed by atoms with van der Waals surface area (Å²) >= 11 is 1.99. The SMILES string of the molecule is C=C(C#N)C(=O)c1cc2cc(C)c(NS(=O)(=O)CCCF)cc2n1SI. The number of aryl methyl sites for hydroxylation is 1. The first kappa shape index (κ1) is 20.7. The zero-order chi connectivity index (χ0) is 19.5. The summed E-state index contributed by atoms with van der Waals surface area (Å²) in [5.41, 5.74) is 1.74. The normalized spacial score (nSPS) is 11.3. The van der Waals surface area contributed by atoms with E-state index in [9.17, 15) is 17.6 Å². The average Bonchev–Trinajstić information content (AvgIpc) is 2.95. The number of allylic oxidation sites excluding steroid dienone is 1. The van der Waals surface area contributed by atoms with Gasteiger partial charge >= 0.3 is 0 Å². The molecule has 1 aromatic heterocycles. The Balaban J connectivity index is 2.54. The molecule has 0 bridgehead atoms. The maximum absolute atomic E-state index is 12.3. The van der Waals surface area contributed by atoms with Gasteiger partial charge in [0, 0.05) is 35.7 Å². The molecule has 0 aliphatic rings. The lowest BCUT2D eigenvalue weighted by atomic mass is 10.1. The predicted octanol–water partition coefficient (Wildman–Crippen LogP) is 4.16. The Morgan fingerprint density at radius 1 is 1.46 bits per heavy atom. The minimum atomic E-state index is -3.67. The molecule has 0 saturated heterocycles. The molecule has 0 atom stereocenters. The Labute approximate surface area is 167 Å². The van der Waals surface area contributed by atoms with Crippen molar-refractivity contribution >= 4 is 62.7 Å². The first-order valence-corrected chi connectivity index (χ1v) is 12.4. The summed E-state index contributed by atoms with van der Waals surface area (Å²) < 4.78 is 40.4. The van der Waals surface area contributed by atoms with Crippen LogP contribution in [0.1, 0.15) is 22.5 Å². The number of fused-ring (bicyclic) bond motifs is 1. The van der Waals surface area contributed by atoms with E-state index in [4.69, 9.17) is 5.26 Å². The minimum absolute atomic E-state index is 0.0779. The Hall–Kier alpha value is -1.58. The van der Waals surface area contributed by atoms with Crippen LogP contribution in [0.5, 0.6) is 0 Å². The molecule has 0 unspecified atom stereocenters. The van der Waals surface area contributed by atoms with Gasteiger partial charge in [-0.1, -0.05) is 6.58 Å². The number of sulfonamides is 1. The number of halogens is 2. The zero-order valence-corrected chi connectivity index (χ0v) is 17.5. The van der Waals surface area contributed by atoms with Crippen LogP contribution in [0.3, 0.4) is 0 Å². The Kier molecular flexibility index (Phi) is 6.70. The molecule has 2 rings (SSSR count). The van der Waals surface area contributed by atoms with Crippen LogP contribution in [0, 0.1) is 18.3 Å². The summed E-state index contributed by atoms with van der Waals surface area (Å²) in [4.78, 5) is 12.3. The molecule has 0 saturated carbocycles. The van der Waals surface area contributed by atoms with Crippen molar-refractivity contribution < 1.29 is 17.6 Å². The molecule has 1 aromatic carbocycles. The number of Topliss-reactive ketones (excluding diaryl/α,β-unsaturated/α-hetero) is 1. The van der Waals surface area contributed by atoms with Gasteiger partial charge < -0.3 is 0 Å². The van der Waals surface area contributed by atoms with Crippen molar-refractivity contribution in [1.82, 2.24) is 3.97 Å². The molecule has 0 amide bonds. The molecule has 1 heterocycles. The fourth-order valence-corrected chi connectivity index (χ4v) is 5.22. The topological polar surface area (TPSA) is 92.0 Å². The van der Waals surface area contributed by atoms with E-state index in [1.54, 1.807) is 35.2 Å². The van der Waals surface area contributed by atoms with Gasteiger partial charge in [-0.05, 0) is 37.1 Å². The number of alkyl halides is 1. The highest BCUT2D eigenvalue weighted by Gasteiger charge is 2.20. The van der Waals surface area contributed by atoms with Crippen molar-refractivity contribution in [2.75, 3.05) is 17.1 Å². The van der Waals surface area contributed by atoms with Crippen molar-refractivity contribution in [2.45, 2.75) is 13.3 Å². The molecule has 10 heteroatoms. The van der Waals surface area contributed by atoms with Crippen molar-refractivity contribution in [3.8, 4) is 6.07 Å². The van der Waals surface area contributed by atoms with Crippen molar-refractivity contribution in [2.24, 2.45) is 0 Å². The highest BCUT2D eigenvalue weighted by molar-refractivity contribution is 14.2. The van der Waals surface area contributed by atoms with E-state index in [-0.39, 0.29) is 23.4 Å². The summed E-state index contributed by atoms with van der Waals surface area (Å²) in [5.74, 6) is -0.801. The number of benzene rings is 1. The van der Waals surface area contributed by atoms with E-state index in [1.165, 1.54) is 9.12 Å². The second-order valence-electron chi connectivity index (χ2n) is 5.50. The van der Waals surface area contributed by atoms with Crippen LogP contribution in [0.2, 0.25) is 0 Å². The molecule has 0 aliphatic carbocycles. The standard InChI is InChI=1S/C16H15FIN3O3S2/c1-10-6-12-7-15(16(22)11(2)9-19)21(25-18)14(12)8-13(10)20-26(23,24)5-3-4-17/h6-8,20H,2-5H2,1H3. The number of carbonyl (C=O) groups excluding carboxylic acids is 1. The number of rotatable bonds is 8. The van der Waals surface area contributed by atoms with Crippen molar-refractivity contribution in [3.05, 3.63) is 41.6 Å². The first-order valence-electron chi connectivity index (χ1n) is 7.39. The van der Waals surface area contributed by atoms with Gasteiger partial charge in [0.2, 0.25) is 15.8 Å². The molecule has 138 valence electrons. The van der Waals surface area contributed by atoms with Gasteiger partial charge in [0.25, 0.3) is 0 Å². The first-order chi connectivity index (χ1) is 12.2.